The molecule has 178 valence electrons. The van der Waals surface area contributed by atoms with Crippen molar-refractivity contribution in [2.45, 2.75) is 26.7 Å². The molecule has 0 radical (unpaired) electrons. The molecule has 10 heteroatoms. The highest BCUT2D eigenvalue weighted by atomic mass is 16.4. The fourth-order valence-corrected chi connectivity index (χ4v) is 3.73. The molecule has 1 aliphatic rings. The van der Waals surface area contributed by atoms with Gasteiger partial charge in [0.2, 0.25) is 5.88 Å². The molecule has 1 aliphatic heterocycles. The smallest absolute Gasteiger partial charge is 0.335 e. The van der Waals surface area contributed by atoms with Crippen molar-refractivity contribution in [2.75, 3.05) is 5.01 Å². The lowest BCUT2D eigenvalue weighted by Crippen LogP contribution is -2.21. The Bertz CT molecular complexity index is 1380. The van der Waals surface area contributed by atoms with Crippen molar-refractivity contribution in [1.29, 1.82) is 0 Å². The van der Waals surface area contributed by atoms with E-state index in [-0.39, 0.29) is 17.0 Å². The van der Waals surface area contributed by atoms with Gasteiger partial charge in [-0.05, 0) is 67.4 Å². The predicted molar refractivity (Wildman–Crippen MR) is 128 cm³/mol. The van der Waals surface area contributed by atoms with E-state index < -0.39 is 17.8 Å². The van der Waals surface area contributed by atoms with E-state index in [0.717, 1.165) is 0 Å². The maximum atomic E-state index is 13.2. The maximum Gasteiger partial charge on any atom is 0.335 e. The second-order valence-electron chi connectivity index (χ2n) is 7.73. The summed E-state index contributed by atoms with van der Waals surface area (Å²) >= 11 is 0. The normalized spacial score (nSPS) is 14.5. The summed E-state index contributed by atoms with van der Waals surface area (Å²) in [5, 5.41) is 39.2. The van der Waals surface area contributed by atoms with E-state index >= 15 is 0 Å². The number of amides is 1. The molecular formula is C25H22N4O6. The van der Waals surface area contributed by atoms with Crippen LogP contribution in [0.4, 0.5) is 5.69 Å². The van der Waals surface area contributed by atoms with Crippen LogP contribution in [0.2, 0.25) is 0 Å². The Morgan fingerprint density at radius 3 is 1.91 bits per heavy atom. The van der Waals surface area contributed by atoms with Gasteiger partial charge in [0.15, 0.2) is 0 Å². The van der Waals surface area contributed by atoms with Gasteiger partial charge in [0, 0.05) is 0 Å². The first kappa shape index (κ1) is 23.4. The van der Waals surface area contributed by atoms with Gasteiger partial charge in [0.05, 0.1) is 45.0 Å². The first-order valence-corrected chi connectivity index (χ1v) is 10.9. The quantitative estimate of drug-likeness (QED) is 0.442. The van der Waals surface area contributed by atoms with E-state index in [2.05, 4.69) is 10.2 Å². The van der Waals surface area contributed by atoms with Gasteiger partial charge in [-0.15, -0.1) is 0 Å². The van der Waals surface area contributed by atoms with Crippen molar-refractivity contribution in [3.63, 3.8) is 0 Å². The SMILES string of the molecule is CCC1=NN(c2ccc(C(=O)O)cc2)C(=O)C1=Cc1c(CC)nn(-c2ccc(C(=O)O)cc2)c1O. The molecule has 3 N–H and O–H groups in total. The topological polar surface area (TPSA) is 145 Å². The Morgan fingerprint density at radius 2 is 1.43 bits per heavy atom. The van der Waals surface area contributed by atoms with Crippen LogP contribution in [0, 0.1) is 0 Å². The molecule has 10 nitrogen and oxygen atoms in total. The second-order valence-corrected chi connectivity index (χ2v) is 7.73. The summed E-state index contributed by atoms with van der Waals surface area (Å²) in [5.41, 5.74) is 2.80. The number of carbonyl (C=O) groups is 3. The highest BCUT2D eigenvalue weighted by molar-refractivity contribution is 6.32. The third kappa shape index (κ3) is 4.29. The van der Waals surface area contributed by atoms with Gasteiger partial charge in [0.25, 0.3) is 5.91 Å². The van der Waals surface area contributed by atoms with E-state index in [0.29, 0.717) is 46.8 Å². The largest absolute Gasteiger partial charge is 0.493 e. The molecule has 0 aliphatic carbocycles. The van der Waals surface area contributed by atoms with Crippen molar-refractivity contribution < 1.29 is 29.7 Å². The van der Waals surface area contributed by atoms with Crippen molar-refractivity contribution >= 4 is 35.3 Å². The Labute approximate surface area is 200 Å². The molecule has 0 fully saturated rings. The van der Waals surface area contributed by atoms with E-state index in [1.807, 2.05) is 13.8 Å². The number of rotatable bonds is 7. The number of hydrogen-bond donors (Lipinski definition) is 3. The van der Waals surface area contributed by atoms with Crippen molar-refractivity contribution in [3.05, 3.63) is 76.5 Å². The number of aromatic hydroxyl groups is 1. The highest BCUT2D eigenvalue weighted by Crippen LogP contribution is 2.32. The summed E-state index contributed by atoms with van der Waals surface area (Å²) < 4.78 is 1.29. The van der Waals surface area contributed by atoms with E-state index in [1.165, 1.54) is 58.2 Å². The maximum absolute atomic E-state index is 13.2. The molecule has 3 aromatic rings. The minimum Gasteiger partial charge on any atom is -0.493 e. The molecule has 0 spiro atoms. The van der Waals surface area contributed by atoms with Crippen LogP contribution in [0.5, 0.6) is 5.88 Å². The van der Waals surface area contributed by atoms with E-state index in [4.69, 9.17) is 10.2 Å². The third-order valence-electron chi connectivity index (χ3n) is 5.60. The standard InChI is InChI=1S/C25H22N4O6/c1-3-20-18(22(30)28(26-20)16-9-5-14(6-10-16)24(32)33)13-19-21(4-2)27-29(23(19)31)17-11-7-15(8-12-17)25(34)35/h5-13,30H,3-4H2,1-2H3,(H,32,33)(H,34,35). The number of aryl methyl sites for hydroxylation is 1. The molecule has 4 rings (SSSR count). The molecule has 1 amide bonds. The molecule has 1 aromatic heterocycles. The predicted octanol–water partition coefficient (Wildman–Crippen LogP) is 3.73. The van der Waals surface area contributed by atoms with Gasteiger partial charge in [-0.1, -0.05) is 13.8 Å². The number of carbonyl (C=O) groups excluding carboxylic acids is 1. The van der Waals surface area contributed by atoms with E-state index in [9.17, 15) is 19.5 Å². The molecule has 0 atom stereocenters. The van der Waals surface area contributed by atoms with Crippen LogP contribution < -0.4 is 5.01 Å². The number of aromatic nitrogens is 2. The number of hydrazone groups is 1. The van der Waals surface area contributed by atoms with Gasteiger partial charge >= 0.3 is 11.9 Å². The van der Waals surface area contributed by atoms with Crippen LogP contribution in [0.3, 0.4) is 0 Å². The molecule has 2 aromatic carbocycles. The summed E-state index contributed by atoms with van der Waals surface area (Å²) in [6.45, 7) is 3.72. The summed E-state index contributed by atoms with van der Waals surface area (Å²) in [6, 6.07) is 11.7. The van der Waals surface area contributed by atoms with Gasteiger partial charge < -0.3 is 15.3 Å². The number of benzene rings is 2. The van der Waals surface area contributed by atoms with Crippen LogP contribution in [-0.2, 0) is 11.2 Å². The van der Waals surface area contributed by atoms with Gasteiger partial charge in [0.1, 0.15) is 0 Å². The number of carboxylic acid groups (broad SMARTS) is 2. The lowest BCUT2D eigenvalue weighted by Gasteiger charge is -2.11. The Morgan fingerprint density at radius 1 is 0.886 bits per heavy atom. The molecule has 35 heavy (non-hydrogen) atoms. The number of carboxylic acids is 2. The lowest BCUT2D eigenvalue weighted by molar-refractivity contribution is -0.114. The highest BCUT2D eigenvalue weighted by Gasteiger charge is 2.31. The summed E-state index contributed by atoms with van der Waals surface area (Å²) in [5.74, 6) is -2.73. The van der Waals surface area contributed by atoms with Crippen LogP contribution in [0.25, 0.3) is 11.8 Å². The first-order chi connectivity index (χ1) is 16.7. The Balaban J connectivity index is 1.73. The molecule has 0 saturated heterocycles. The molecule has 0 unspecified atom stereocenters. The van der Waals surface area contributed by atoms with Crippen LogP contribution in [0.15, 0.2) is 59.2 Å². The zero-order valence-corrected chi connectivity index (χ0v) is 19.0. The zero-order chi connectivity index (χ0) is 25.3. The summed E-state index contributed by atoms with van der Waals surface area (Å²) in [6.07, 6.45) is 2.48. The monoisotopic (exact) mass is 474 g/mol. The fourth-order valence-electron chi connectivity index (χ4n) is 3.73. The lowest BCUT2D eigenvalue weighted by atomic mass is 10.0. The number of nitrogens with zero attached hydrogens (tertiary/aromatic N) is 4. The molecule has 0 bridgehead atoms. The Hall–Kier alpha value is -4.73. The molecular weight excluding hydrogens is 452 g/mol. The van der Waals surface area contributed by atoms with Gasteiger partial charge in [-0.3, -0.25) is 4.79 Å². The average Bonchev–Trinajstić information content (AvgIpc) is 3.35. The molecule has 0 saturated carbocycles. The minimum absolute atomic E-state index is 0.0946. The minimum atomic E-state index is -1.07. The van der Waals surface area contributed by atoms with Crippen LogP contribution in [0.1, 0.15) is 52.2 Å². The van der Waals surface area contributed by atoms with Crippen molar-refractivity contribution in [2.24, 2.45) is 5.10 Å². The van der Waals surface area contributed by atoms with Crippen LogP contribution in [-0.4, -0.2) is 48.7 Å². The zero-order valence-electron chi connectivity index (χ0n) is 19.0. The summed E-state index contributed by atoms with van der Waals surface area (Å²) in [7, 11) is 0. The fraction of sp³-hybridized carbons (Fsp3) is 0.160. The van der Waals surface area contributed by atoms with Gasteiger partial charge in [-0.2, -0.15) is 15.2 Å². The number of hydrogen-bond acceptors (Lipinski definition) is 6. The van der Waals surface area contributed by atoms with E-state index in [1.54, 1.807) is 6.08 Å². The molecule has 2 heterocycles. The Kier molecular flexibility index (Phi) is 6.20. The van der Waals surface area contributed by atoms with Crippen molar-refractivity contribution in [1.82, 2.24) is 9.78 Å². The average molecular weight is 474 g/mol. The van der Waals surface area contributed by atoms with Crippen molar-refractivity contribution in [3.8, 4) is 11.6 Å². The number of anilines is 1. The van der Waals surface area contributed by atoms with Crippen LogP contribution >= 0.6 is 0 Å². The summed E-state index contributed by atoms with van der Waals surface area (Å²) in [4.78, 5) is 35.5. The van der Waals surface area contributed by atoms with Gasteiger partial charge in [-0.25, -0.2) is 14.3 Å². The number of aromatic carboxylic acids is 2. The first-order valence-electron chi connectivity index (χ1n) is 10.9. The third-order valence-corrected chi connectivity index (χ3v) is 5.60. The second kappa shape index (κ2) is 9.26.